The molecule has 0 bridgehead atoms. The molecule has 0 aromatic rings. The Morgan fingerprint density at radius 2 is 2.42 bits per heavy atom. The minimum atomic E-state index is -0.259. The molecule has 1 amide bonds. The average molecular weight is 173 g/mol. The highest BCUT2D eigenvalue weighted by Crippen LogP contribution is 2.05. The van der Waals surface area contributed by atoms with Crippen molar-refractivity contribution in [2.24, 2.45) is 5.92 Å². The number of rotatable bonds is 4. The van der Waals surface area contributed by atoms with Crippen molar-refractivity contribution in [1.29, 1.82) is 0 Å². The van der Waals surface area contributed by atoms with Gasteiger partial charge in [-0.2, -0.15) is 0 Å². The van der Waals surface area contributed by atoms with E-state index in [-0.39, 0.29) is 24.5 Å². The molecule has 0 aromatic heterocycles. The number of aliphatic hydroxyl groups is 1. The van der Waals surface area contributed by atoms with Crippen LogP contribution in [-0.2, 0) is 9.53 Å². The molecule has 1 heterocycles. The van der Waals surface area contributed by atoms with Crippen LogP contribution in [0.4, 0.5) is 0 Å². The molecule has 0 aromatic carbocycles. The number of carbonyl (C=O) groups excluding carboxylic acids is 1. The summed E-state index contributed by atoms with van der Waals surface area (Å²) in [6.45, 7) is 3.02. The van der Waals surface area contributed by atoms with E-state index in [1.165, 1.54) is 0 Å². The lowest BCUT2D eigenvalue weighted by Crippen LogP contribution is -2.50. The highest BCUT2D eigenvalue weighted by Gasteiger charge is 2.23. The number of carbonyl (C=O) groups is 1. The third-order valence-corrected chi connectivity index (χ3v) is 2.07. The zero-order valence-electron chi connectivity index (χ0n) is 7.25. The van der Waals surface area contributed by atoms with Gasteiger partial charge in [0.05, 0.1) is 31.8 Å². The zero-order valence-corrected chi connectivity index (χ0v) is 7.25. The summed E-state index contributed by atoms with van der Waals surface area (Å²) >= 11 is 0. The molecule has 1 fully saturated rings. The van der Waals surface area contributed by atoms with Crippen LogP contribution in [0.25, 0.3) is 0 Å². The van der Waals surface area contributed by atoms with Gasteiger partial charge in [0.25, 0.3) is 0 Å². The van der Waals surface area contributed by atoms with Gasteiger partial charge < -0.3 is 15.2 Å². The summed E-state index contributed by atoms with van der Waals surface area (Å²) in [7, 11) is 0. The number of ether oxygens (including phenoxy) is 1. The Bertz CT molecular complexity index is 152. The van der Waals surface area contributed by atoms with Gasteiger partial charge in [0.15, 0.2) is 0 Å². The first-order valence-corrected chi connectivity index (χ1v) is 4.27. The number of aliphatic hydroxyl groups excluding tert-OH is 1. The van der Waals surface area contributed by atoms with Gasteiger partial charge in [-0.15, -0.1) is 0 Å². The van der Waals surface area contributed by atoms with Crippen molar-refractivity contribution in [2.75, 3.05) is 19.8 Å². The van der Waals surface area contributed by atoms with Crippen LogP contribution >= 0.6 is 0 Å². The summed E-state index contributed by atoms with van der Waals surface area (Å²) in [4.78, 5) is 11.3. The Labute approximate surface area is 71.9 Å². The van der Waals surface area contributed by atoms with Crippen molar-refractivity contribution in [3.8, 4) is 0 Å². The van der Waals surface area contributed by atoms with E-state index in [0.717, 1.165) is 0 Å². The third kappa shape index (κ3) is 2.19. The monoisotopic (exact) mass is 173 g/mol. The second-order valence-electron chi connectivity index (χ2n) is 3.03. The van der Waals surface area contributed by atoms with E-state index < -0.39 is 0 Å². The average Bonchev–Trinajstić information content (AvgIpc) is 1.99. The summed E-state index contributed by atoms with van der Waals surface area (Å²) in [6.07, 6.45) is 0.676. The van der Waals surface area contributed by atoms with E-state index in [0.29, 0.717) is 19.6 Å². The molecular weight excluding hydrogens is 158 g/mol. The molecule has 0 aliphatic carbocycles. The molecular formula is C8H15NO3. The molecule has 1 rings (SSSR count). The predicted octanol–water partition coefficient (Wildman–Crippen LogP) is -0.480. The maximum absolute atomic E-state index is 11.3. The second-order valence-corrected chi connectivity index (χ2v) is 3.03. The molecule has 0 spiro atoms. The molecule has 1 saturated heterocycles. The summed E-state index contributed by atoms with van der Waals surface area (Å²) in [5.41, 5.74) is 0. The van der Waals surface area contributed by atoms with Crippen LogP contribution in [0.2, 0.25) is 0 Å². The lowest BCUT2D eigenvalue weighted by Gasteiger charge is -2.28. The van der Waals surface area contributed by atoms with Crippen LogP contribution in [0.15, 0.2) is 0 Å². The molecule has 0 saturated carbocycles. The van der Waals surface area contributed by atoms with Crippen molar-refractivity contribution >= 4 is 5.91 Å². The molecule has 70 valence electrons. The van der Waals surface area contributed by atoms with Gasteiger partial charge >= 0.3 is 0 Å². The first-order valence-electron chi connectivity index (χ1n) is 4.27. The summed E-state index contributed by atoms with van der Waals surface area (Å²) in [6, 6.07) is 0.165. The van der Waals surface area contributed by atoms with Crippen LogP contribution in [0.3, 0.4) is 0 Å². The van der Waals surface area contributed by atoms with Crippen LogP contribution in [0.5, 0.6) is 0 Å². The minimum Gasteiger partial charge on any atom is -0.396 e. The first kappa shape index (κ1) is 9.48. The van der Waals surface area contributed by atoms with Gasteiger partial charge in [-0.25, -0.2) is 0 Å². The standard InChI is InChI=1S/C8H15NO3/c1-2-6(3-10)8(11)9-7-4-12-5-7/h6-7,10H,2-5H2,1H3,(H,9,11)/t6-/m0/s1. The fourth-order valence-electron chi connectivity index (χ4n) is 1.04. The van der Waals surface area contributed by atoms with E-state index in [2.05, 4.69) is 5.32 Å². The van der Waals surface area contributed by atoms with E-state index in [4.69, 9.17) is 9.84 Å². The maximum atomic E-state index is 11.3. The Kier molecular flexibility index (Phi) is 3.49. The number of nitrogens with one attached hydrogen (secondary N) is 1. The third-order valence-electron chi connectivity index (χ3n) is 2.07. The van der Waals surface area contributed by atoms with Crippen LogP contribution < -0.4 is 5.32 Å². The van der Waals surface area contributed by atoms with Gasteiger partial charge in [0, 0.05) is 0 Å². The molecule has 12 heavy (non-hydrogen) atoms. The van der Waals surface area contributed by atoms with Gasteiger partial charge in [0.1, 0.15) is 0 Å². The largest absolute Gasteiger partial charge is 0.396 e. The molecule has 1 aliphatic heterocycles. The van der Waals surface area contributed by atoms with E-state index in [1.54, 1.807) is 0 Å². The van der Waals surface area contributed by atoms with Gasteiger partial charge in [-0.3, -0.25) is 4.79 Å². The highest BCUT2D eigenvalue weighted by atomic mass is 16.5. The topological polar surface area (TPSA) is 58.6 Å². The zero-order chi connectivity index (χ0) is 8.97. The van der Waals surface area contributed by atoms with Gasteiger partial charge in [-0.1, -0.05) is 6.92 Å². The van der Waals surface area contributed by atoms with Gasteiger partial charge in [-0.05, 0) is 6.42 Å². The van der Waals surface area contributed by atoms with Gasteiger partial charge in [0.2, 0.25) is 5.91 Å². The van der Waals surface area contributed by atoms with Crippen LogP contribution in [0.1, 0.15) is 13.3 Å². The van der Waals surface area contributed by atoms with Crippen molar-refractivity contribution in [3.63, 3.8) is 0 Å². The lowest BCUT2D eigenvalue weighted by molar-refractivity contribution is -0.130. The predicted molar refractivity (Wildman–Crippen MR) is 43.6 cm³/mol. The number of amides is 1. The SMILES string of the molecule is CC[C@@H](CO)C(=O)NC1COC1. The van der Waals surface area contributed by atoms with E-state index >= 15 is 0 Å². The molecule has 1 atom stereocenters. The van der Waals surface area contributed by atoms with Crippen molar-refractivity contribution in [3.05, 3.63) is 0 Å². The molecule has 2 N–H and O–H groups in total. The minimum absolute atomic E-state index is 0.0618. The molecule has 0 unspecified atom stereocenters. The van der Waals surface area contributed by atoms with E-state index in [1.807, 2.05) is 6.92 Å². The fraction of sp³-hybridized carbons (Fsp3) is 0.875. The normalized spacial score (nSPS) is 19.8. The van der Waals surface area contributed by atoms with Crippen LogP contribution in [-0.4, -0.2) is 36.9 Å². The summed E-state index contributed by atoms with van der Waals surface area (Å²) < 4.78 is 4.91. The number of hydrogen-bond acceptors (Lipinski definition) is 3. The van der Waals surface area contributed by atoms with Crippen LogP contribution in [0, 0.1) is 5.92 Å². The molecule has 4 nitrogen and oxygen atoms in total. The highest BCUT2D eigenvalue weighted by molar-refractivity contribution is 5.79. The maximum Gasteiger partial charge on any atom is 0.225 e. The van der Waals surface area contributed by atoms with Crippen molar-refractivity contribution in [1.82, 2.24) is 5.32 Å². The Hall–Kier alpha value is -0.610. The second kappa shape index (κ2) is 4.42. The Morgan fingerprint density at radius 3 is 2.75 bits per heavy atom. The first-order chi connectivity index (χ1) is 5.77. The molecule has 1 aliphatic rings. The summed E-state index contributed by atoms with van der Waals surface area (Å²) in [5.74, 6) is -0.320. The van der Waals surface area contributed by atoms with Crippen molar-refractivity contribution in [2.45, 2.75) is 19.4 Å². The molecule has 4 heteroatoms. The summed E-state index contributed by atoms with van der Waals surface area (Å²) in [5, 5.41) is 11.6. The smallest absolute Gasteiger partial charge is 0.225 e. The number of hydrogen-bond donors (Lipinski definition) is 2. The van der Waals surface area contributed by atoms with E-state index in [9.17, 15) is 4.79 Å². The van der Waals surface area contributed by atoms with Crippen molar-refractivity contribution < 1.29 is 14.6 Å². The quantitative estimate of drug-likeness (QED) is 0.603. The fourth-order valence-corrected chi connectivity index (χ4v) is 1.04. The lowest BCUT2D eigenvalue weighted by atomic mass is 10.1. The molecule has 0 radical (unpaired) electrons. The Balaban J connectivity index is 2.24. The Morgan fingerprint density at radius 1 is 1.75 bits per heavy atom.